The van der Waals surface area contributed by atoms with Crippen LogP contribution < -0.4 is 4.72 Å². The molecule has 0 aliphatic carbocycles. The van der Waals surface area contributed by atoms with Gasteiger partial charge in [-0.2, -0.15) is 0 Å². The lowest BCUT2D eigenvalue weighted by molar-refractivity contribution is 0.577. The Hall–Kier alpha value is -1.42. The van der Waals surface area contributed by atoms with Gasteiger partial charge in [-0.05, 0) is 17.7 Å². The normalized spacial score (nSPS) is 12.5. The zero-order valence-corrected chi connectivity index (χ0v) is 13.3. The number of hydrogen-bond donors (Lipinski definition) is 1. The number of halogens is 1. The van der Waals surface area contributed by atoms with Crippen LogP contribution in [0.2, 0.25) is 0 Å². The molecule has 0 unspecified atom stereocenters. The first-order valence-electron chi connectivity index (χ1n) is 5.70. The number of nitrogens with zero attached hydrogens (tertiary/aromatic N) is 2. The Labute approximate surface area is 127 Å². The molecule has 0 aliphatic rings. The summed E-state index contributed by atoms with van der Waals surface area (Å²) in [5.41, 5.74) is 0.596. The summed E-state index contributed by atoms with van der Waals surface area (Å²) in [6.45, 7) is 0.0154. The van der Waals surface area contributed by atoms with Crippen LogP contribution >= 0.6 is 10.7 Å². The number of nitrogens with one attached hydrogen (secondary N) is 1. The molecule has 0 bridgehead atoms. The van der Waals surface area contributed by atoms with E-state index < -0.39 is 19.1 Å². The maximum atomic E-state index is 11.9. The minimum atomic E-state index is -3.78. The predicted molar refractivity (Wildman–Crippen MR) is 76.7 cm³/mol. The van der Waals surface area contributed by atoms with Gasteiger partial charge in [0.25, 0.3) is 19.1 Å². The molecule has 0 atom stereocenters. The SMILES string of the molecule is Cn1cnc(S(=O)(=O)NCc2ccc(S(=O)(=O)Cl)cc2)c1. The number of rotatable bonds is 5. The predicted octanol–water partition coefficient (Wildman–Crippen LogP) is 0.826. The molecule has 114 valence electrons. The van der Waals surface area contributed by atoms with E-state index in [0.29, 0.717) is 5.56 Å². The first kappa shape index (κ1) is 16.0. The van der Waals surface area contributed by atoms with Crippen LogP contribution in [0.15, 0.2) is 46.7 Å². The van der Waals surface area contributed by atoms with Crippen LogP contribution in [0.5, 0.6) is 0 Å². The molecule has 7 nitrogen and oxygen atoms in total. The fraction of sp³-hybridized carbons (Fsp3) is 0.182. The summed E-state index contributed by atoms with van der Waals surface area (Å²) in [7, 11) is -0.628. The Morgan fingerprint density at radius 1 is 1.19 bits per heavy atom. The molecule has 10 heteroatoms. The summed E-state index contributed by atoms with van der Waals surface area (Å²) in [6, 6.07) is 5.59. The highest BCUT2D eigenvalue weighted by atomic mass is 35.7. The molecule has 0 saturated heterocycles. The van der Waals surface area contributed by atoms with E-state index in [2.05, 4.69) is 9.71 Å². The average molecular weight is 350 g/mol. The van der Waals surface area contributed by atoms with Gasteiger partial charge in [-0.3, -0.25) is 0 Å². The summed E-state index contributed by atoms with van der Waals surface area (Å²) in [5.74, 6) is 0. The molecule has 1 N–H and O–H groups in total. The van der Waals surface area contributed by atoms with Gasteiger partial charge in [0, 0.05) is 30.5 Å². The van der Waals surface area contributed by atoms with Gasteiger partial charge in [0.15, 0.2) is 5.03 Å². The maximum absolute atomic E-state index is 11.9. The van der Waals surface area contributed by atoms with E-state index >= 15 is 0 Å². The fourth-order valence-electron chi connectivity index (χ4n) is 1.55. The number of imidazole rings is 1. The van der Waals surface area contributed by atoms with E-state index in [-0.39, 0.29) is 16.5 Å². The van der Waals surface area contributed by atoms with Crippen molar-refractivity contribution < 1.29 is 16.8 Å². The van der Waals surface area contributed by atoms with Gasteiger partial charge in [-0.1, -0.05) is 12.1 Å². The largest absolute Gasteiger partial charge is 0.339 e. The molecule has 0 radical (unpaired) electrons. The third-order valence-corrected chi connectivity index (χ3v) is 5.28. The van der Waals surface area contributed by atoms with Gasteiger partial charge in [0.1, 0.15) is 0 Å². The zero-order valence-electron chi connectivity index (χ0n) is 10.9. The van der Waals surface area contributed by atoms with Crippen molar-refractivity contribution in [3.8, 4) is 0 Å². The van der Waals surface area contributed by atoms with Gasteiger partial charge < -0.3 is 4.57 Å². The third kappa shape index (κ3) is 4.03. The van der Waals surface area contributed by atoms with E-state index in [0.717, 1.165) is 0 Å². The van der Waals surface area contributed by atoms with Gasteiger partial charge >= 0.3 is 0 Å². The summed E-state index contributed by atoms with van der Waals surface area (Å²) in [6.07, 6.45) is 2.76. The van der Waals surface area contributed by atoms with Crippen LogP contribution in [0.25, 0.3) is 0 Å². The summed E-state index contributed by atoms with van der Waals surface area (Å²) in [4.78, 5) is 3.72. The van der Waals surface area contributed by atoms with Crippen LogP contribution in [0.4, 0.5) is 0 Å². The molecule has 21 heavy (non-hydrogen) atoms. The van der Waals surface area contributed by atoms with Crippen LogP contribution in [-0.4, -0.2) is 26.4 Å². The Balaban J connectivity index is 2.10. The van der Waals surface area contributed by atoms with Crippen molar-refractivity contribution in [2.45, 2.75) is 16.5 Å². The van der Waals surface area contributed by atoms with Crippen LogP contribution in [-0.2, 0) is 32.7 Å². The average Bonchev–Trinajstić information content (AvgIpc) is 2.83. The molecule has 0 spiro atoms. The molecular formula is C11H12ClN3O4S2. The monoisotopic (exact) mass is 349 g/mol. The highest BCUT2D eigenvalue weighted by Gasteiger charge is 2.16. The van der Waals surface area contributed by atoms with Crippen molar-refractivity contribution in [3.05, 3.63) is 42.4 Å². The lowest BCUT2D eigenvalue weighted by Crippen LogP contribution is -2.23. The Kier molecular flexibility index (Phi) is 4.38. The molecule has 0 saturated carbocycles. The van der Waals surface area contributed by atoms with E-state index in [1.807, 2.05) is 0 Å². The quantitative estimate of drug-likeness (QED) is 0.806. The third-order valence-electron chi connectivity index (χ3n) is 2.63. The second-order valence-corrected chi connectivity index (χ2v) is 8.56. The summed E-state index contributed by atoms with van der Waals surface area (Å²) in [5, 5.41) is -0.0787. The van der Waals surface area contributed by atoms with Gasteiger partial charge in [-0.15, -0.1) is 0 Å². The minimum absolute atomic E-state index is 0.0154. The van der Waals surface area contributed by atoms with E-state index in [1.54, 1.807) is 7.05 Å². The van der Waals surface area contributed by atoms with Crippen LogP contribution in [0, 0.1) is 0 Å². The first-order chi connectivity index (χ1) is 9.68. The number of sulfonamides is 1. The second-order valence-electron chi connectivity index (χ2n) is 4.28. The van der Waals surface area contributed by atoms with Crippen LogP contribution in [0.1, 0.15) is 5.56 Å². The smallest absolute Gasteiger partial charge is 0.261 e. The number of aromatic nitrogens is 2. The van der Waals surface area contributed by atoms with Crippen LogP contribution in [0.3, 0.4) is 0 Å². The van der Waals surface area contributed by atoms with E-state index in [4.69, 9.17) is 10.7 Å². The molecule has 1 aromatic carbocycles. The fourth-order valence-corrected chi connectivity index (χ4v) is 3.32. The van der Waals surface area contributed by atoms with Crippen molar-refractivity contribution in [2.75, 3.05) is 0 Å². The van der Waals surface area contributed by atoms with Gasteiger partial charge in [0.2, 0.25) is 0 Å². The summed E-state index contributed by atoms with van der Waals surface area (Å²) < 4.78 is 50.0. The molecule has 0 aliphatic heterocycles. The minimum Gasteiger partial charge on any atom is -0.339 e. The standard InChI is InChI=1S/C11H12ClN3O4S2/c1-15-7-11(13-8-15)21(18,19)14-6-9-2-4-10(5-3-9)20(12,16)17/h2-5,7-8,14H,6H2,1H3. The number of benzene rings is 1. The second kappa shape index (κ2) is 5.76. The molecule has 2 rings (SSSR count). The topological polar surface area (TPSA) is 98.1 Å². The van der Waals surface area contributed by atoms with Crippen molar-refractivity contribution >= 4 is 29.8 Å². The number of hydrogen-bond acceptors (Lipinski definition) is 5. The number of aryl methyl sites for hydroxylation is 1. The Morgan fingerprint density at radius 2 is 1.81 bits per heavy atom. The van der Waals surface area contributed by atoms with E-state index in [1.165, 1.54) is 41.4 Å². The molecule has 0 amide bonds. The molecule has 0 fully saturated rings. The highest BCUT2D eigenvalue weighted by Crippen LogP contribution is 2.15. The van der Waals surface area contributed by atoms with Crippen molar-refractivity contribution in [1.29, 1.82) is 0 Å². The maximum Gasteiger partial charge on any atom is 0.261 e. The van der Waals surface area contributed by atoms with Crippen molar-refractivity contribution in [3.63, 3.8) is 0 Å². The lowest BCUT2D eigenvalue weighted by atomic mass is 10.2. The Morgan fingerprint density at radius 3 is 2.29 bits per heavy atom. The van der Waals surface area contributed by atoms with Crippen molar-refractivity contribution in [2.24, 2.45) is 7.05 Å². The first-order valence-corrected chi connectivity index (χ1v) is 9.49. The summed E-state index contributed by atoms with van der Waals surface area (Å²) >= 11 is 0. The van der Waals surface area contributed by atoms with Gasteiger partial charge in [-0.25, -0.2) is 26.5 Å². The molecule has 1 heterocycles. The van der Waals surface area contributed by atoms with Crippen molar-refractivity contribution in [1.82, 2.24) is 14.3 Å². The molecule has 2 aromatic rings. The van der Waals surface area contributed by atoms with Gasteiger partial charge in [0.05, 0.1) is 11.2 Å². The highest BCUT2D eigenvalue weighted by molar-refractivity contribution is 8.13. The molecular weight excluding hydrogens is 338 g/mol. The zero-order chi connectivity index (χ0) is 15.7. The van der Waals surface area contributed by atoms with E-state index in [9.17, 15) is 16.8 Å². The molecule has 1 aromatic heterocycles. The lowest BCUT2D eigenvalue weighted by Gasteiger charge is -2.05. The Bertz CT molecular complexity index is 842.